The fraction of sp³-hybridized carbons (Fsp3) is 0.0244. The number of rotatable bonds is 5. The maximum Gasteiger partial charge on any atom is 0.0534 e. The Bertz CT molecular complexity index is 2290. The highest BCUT2D eigenvalue weighted by Gasteiger charge is 2.18. The maximum atomic E-state index is 2.39. The molecular weight excluding hydrogens is 539 g/mol. The third-order valence-corrected chi connectivity index (χ3v) is 9.44. The van der Waals surface area contributed by atoms with Gasteiger partial charge in [-0.15, -0.1) is 11.3 Å². The van der Waals surface area contributed by atoms with Crippen molar-refractivity contribution in [2.24, 2.45) is 0 Å². The van der Waals surface area contributed by atoms with E-state index in [-0.39, 0.29) is 0 Å². The van der Waals surface area contributed by atoms with Gasteiger partial charge in [0.2, 0.25) is 0 Å². The fourth-order valence-corrected chi connectivity index (χ4v) is 7.57. The molecule has 6 aromatic carbocycles. The van der Waals surface area contributed by atoms with Gasteiger partial charge in [0.1, 0.15) is 0 Å². The Balaban J connectivity index is 1.35. The molecule has 0 spiro atoms. The number of hydrogen-bond acceptors (Lipinski definition) is 1. The molecule has 204 valence electrons. The highest BCUT2D eigenvalue weighted by atomic mass is 32.1. The summed E-state index contributed by atoms with van der Waals surface area (Å²) in [5.74, 6) is 0. The Morgan fingerprint density at radius 1 is 0.558 bits per heavy atom. The minimum atomic E-state index is 1.17. The van der Waals surface area contributed by atoms with Crippen LogP contribution in [0.25, 0.3) is 75.9 Å². The number of hydrogen-bond donors (Lipinski definition) is 0. The molecule has 0 saturated carbocycles. The van der Waals surface area contributed by atoms with Crippen molar-refractivity contribution < 1.29 is 0 Å². The Kier molecular flexibility index (Phi) is 6.28. The van der Waals surface area contributed by atoms with E-state index in [4.69, 9.17) is 0 Å². The van der Waals surface area contributed by atoms with E-state index in [0.29, 0.717) is 0 Å². The second kappa shape index (κ2) is 10.6. The first-order valence-corrected chi connectivity index (χ1v) is 15.5. The average Bonchev–Trinajstić information content (AvgIpc) is 3.64. The molecule has 0 aliphatic rings. The SMILES string of the molecule is C/C=C\C=C/c1cc2ccccc2n1-c1ccc2sc(-c3c4ccccc4c(-c4ccccc4)c4ccccc34)cc2c1. The molecule has 0 aliphatic carbocycles. The van der Waals surface area contributed by atoms with Gasteiger partial charge >= 0.3 is 0 Å². The van der Waals surface area contributed by atoms with Crippen LogP contribution >= 0.6 is 11.3 Å². The highest BCUT2D eigenvalue weighted by molar-refractivity contribution is 7.22. The molecule has 0 N–H and O–H groups in total. The summed E-state index contributed by atoms with van der Waals surface area (Å²) in [6.45, 7) is 2.05. The molecule has 8 aromatic rings. The summed E-state index contributed by atoms with van der Waals surface area (Å²) in [5.41, 5.74) is 7.42. The van der Waals surface area contributed by atoms with E-state index in [1.165, 1.54) is 75.5 Å². The lowest BCUT2D eigenvalue weighted by atomic mass is 9.88. The highest BCUT2D eigenvalue weighted by Crippen LogP contribution is 2.46. The third-order valence-electron chi connectivity index (χ3n) is 8.31. The standard InChI is InChI=1S/C41H29NS/c1-2-3-5-17-31-25-29-16-8-13-22-37(29)42(31)32-23-24-38-30(26-32)27-39(43-38)41-35-20-11-9-18-33(35)40(28-14-6-4-7-15-28)34-19-10-12-21-36(34)41/h2-27H,1H3/b3-2-,17-5-. The van der Waals surface area contributed by atoms with Crippen LogP contribution in [0.1, 0.15) is 12.6 Å². The monoisotopic (exact) mass is 567 g/mol. The van der Waals surface area contributed by atoms with Gasteiger partial charge in [0.25, 0.3) is 0 Å². The van der Waals surface area contributed by atoms with Gasteiger partial charge in [-0.3, -0.25) is 0 Å². The summed E-state index contributed by atoms with van der Waals surface area (Å²) in [6, 6.07) is 48.8. The number of allylic oxidation sites excluding steroid dienone is 3. The number of thiophene rings is 1. The van der Waals surface area contributed by atoms with Crippen LogP contribution in [0, 0.1) is 0 Å². The van der Waals surface area contributed by atoms with Crippen LogP contribution in [0.5, 0.6) is 0 Å². The second-order valence-electron chi connectivity index (χ2n) is 10.9. The van der Waals surface area contributed by atoms with Crippen molar-refractivity contribution in [1.29, 1.82) is 0 Å². The maximum absolute atomic E-state index is 2.39. The van der Waals surface area contributed by atoms with E-state index in [0.717, 1.165) is 0 Å². The summed E-state index contributed by atoms with van der Waals surface area (Å²) in [6.07, 6.45) is 8.44. The van der Waals surface area contributed by atoms with Gasteiger partial charge in [0.15, 0.2) is 0 Å². The van der Waals surface area contributed by atoms with Crippen molar-refractivity contribution in [3.05, 3.63) is 157 Å². The summed E-state index contributed by atoms with van der Waals surface area (Å²) < 4.78 is 3.66. The zero-order chi connectivity index (χ0) is 28.8. The van der Waals surface area contributed by atoms with Gasteiger partial charge in [-0.05, 0) is 87.5 Å². The molecule has 1 nitrogen and oxygen atoms in total. The quantitative estimate of drug-likeness (QED) is 0.144. The minimum Gasteiger partial charge on any atom is -0.310 e. The van der Waals surface area contributed by atoms with Crippen molar-refractivity contribution in [2.45, 2.75) is 6.92 Å². The summed E-state index contributed by atoms with van der Waals surface area (Å²) >= 11 is 1.88. The first-order valence-electron chi connectivity index (χ1n) is 14.7. The molecule has 0 aliphatic heterocycles. The second-order valence-corrected chi connectivity index (χ2v) is 12.0. The number of benzene rings is 6. The van der Waals surface area contributed by atoms with Crippen LogP contribution in [-0.4, -0.2) is 4.57 Å². The number of nitrogens with zero attached hydrogens (tertiary/aromatic N) is 1. The molecular formula is C41H29NS. The largest absolute Gasteiger partial charge is 0.310 e. The molecule has 0 saturated heterocycles. The lowest BCUT2D eigenvalue weighted by molar-refractivity contribution is 1.11. The van der Waals surface area contributed by atoms with E-state index in [9.17, 15) is 0 Å². The normalized spacial score (nSPS) is 12.1. The van der Waals surface area contributed by atoms with Gasteiger partial charge < -0.3 is 4.57 Å². The number of para-hydroxylation sites is 1. The Morgan fingerprint density at radius 2 is 1.21 bits per heavy atom. The van der Waals surface area contributed by atoms with Crippen molar-refractivity contribution >= 4 is 59.9 Å². The van der Waals surface area contributed by atoms with Crippen LogP contribution in [0.2, 0.25) is 0 Å². The van der Waals surface area contributed by atoms with Crippen molar-refractivity contribution in [3.8, 4) is 27.3 Å². The van der Waals surface area contributed by atoms with Gasteiger partial charge in [-0.25, -0.2) is 0 Å². The first-order chi connectivity index (χ1) is 21.3. The summed E-state index contributed by atoms with van der Waals surface area (Å²) in [7, 11) is 0. The van der Waals surface area contributed by atoms with Crippen LogP contribution < -0.4 is 0 Å². The van der Waals surface area contributed by atoms with E-state index in [1.807, 2.05) is 18.3 Å². The molecule has 0 radical (unpaired) electrons. The van der Waals surface area contributed by atoms with Gasteiger partial charge in [-0.2, -0.15) is 0 Å². The van der Waals surface area contributed by atoms with Crippen molar-refractivity contribution in [3.63, 3.8) is 0 Å². The minimum absolute atomic E-state index is 1.17. The molecule has 0 bridgehead atoms. The van der Waals surface area contributed by atoms with Crippen LogP contribution in [-0.2, 0) is 0 Å². The lowest BCUT2D eigenvalue weighted by Crippen LogP contribution is -1.95. The molecule has 8 rings (SSSR count). The average molecular weight is 568 g/mol. The fourth-order valence-electron chi connectivity index (χ4n) is 6.45. The Morgan fingerprint density at radius 3 is 1.93 bits per heavy atom. The van der Waals surface area contributed by atoms with Crippen molar-refractivity contribution in [2.75, 3.05) is 0 Å². The molecule has 0 atom stereocenters. The van der Waals surface area contributed by atoms with Gasteiger partial charge in [0.05, 0.1) is 5.52 Å². The molecule has 2 heterocycles. The van der Waals surface area contributed by atoms with E-state index in [1.54, 1.807) is 0 Å². The lowest BCUT2D eigenvalue weighted by Gasteiger charge is -2.16. The molecule has 2 heteroatoms. The Hall–Kier alpha value is -5.18. The van der Waals surface area contributed by atoms with Crippen LogP contribution in [0.3, 0.4) is 0 Å². The first kappa shape index (κ1) is 25.5. The summed E-state index contributed by atoms with van der Waals surface area (Å²) in [4.78, 5) is 1.30. The topological polar surface area (TPSA) is 4.93 Å². The van der Waals surface area contributed by atoms with Crippen LogP contribution in [0.4, 0.5) is 0 Å². The summed E-state index contributed by atoms with van der Waals surface area (Å²) in [5, 5.41) is 7.66. The molecule has 43 heavy (non-hydrogen) atoms. The molecule has 0 amide bonds. The molecule has 2 aromatic heterocycles. The smallest absolute Gasteiger partial charge is 0.0534 e. The number of fused-ring (bicyclic) bond motifs is 4. The van der Waals surface area contributed by atoms with Crippen LogP contribution in [0.15, 0.2) is 152 Å². The zero-order valence-corrected chi connectivity index (χ0v) is 24.7. The molecule has 0 unspecified atom stereocenters. The van der Waals surface area contributed by atoms with Crippen molar-refractivity contribution in [1.82, 2.24) is 4.57 Å². The van der Waals surface area contributed by atoms with E-state index in [2.05, 4.69) is 162 Å². The predicted molar refractivity (Wildman–Crippen MR) is 188 cm³/mol. The van der Waals surface area contributed by atoms with Gasteiger partial charge in [-0.1, -0.05) is 115 Å². The third kappa shape index (κ3) is 4.31. The van der Waals surface area contributed by atoms with Gasteiger partial charge in [0, 0.05) is 31.9 Å². The zero-order valence-electron chi connectivity index (χ0n) is 23.9. The van der Waals surface area contributed by atoms with E-state index < -0.39 is 0 Å². The number of aromatic nitrogens is 1. The van der Waals surface area contributed by atoms with E-state index >= 15 is 0 Å². The Labute approximate surface area is 255 Å². The predicted octanol–water partition coefficient (Wildman–Crippen LogP) is 12.1. The molecule has 0 fully saturated rings.